The zero-order valence-electron chi connectivity index (χ0n) is 11.8. The molecule has 0 saturated carbocycles. The predicted molar refractivity (Wildman–Crippen MR) is 78.5 cm³/mol. The maximum atomic E-state index is 12.2. The topological polar surface area (TPSA) is 82.7 Å². The van der Waals surface area contributed by atoms with Gasteiger partial charge in [0.25, 0.3) is 0 Å². The van der Waals surface area contributed by atoms with Crippen LogP contribution in [0.5, 0.6) is 0 Å². The van der Waals surface area contributed by atoms with Crippen molar-refractivity contribution in [2.45, 2.75) is 19.4 Å². The summed E-state index contributed by atoms with van der Waals surface area (Å²) >= 11 is 1.51. The number of aliphatic hydroxyl groups is 1. The number of carbonyl (C=O) groups is 1. The molecule has 1 unspecified atom stereocenters. The van der Waals surface area contributed by atoms with Crippen LogP contribution >= 0.6 is 11.3 Å². The SMILES string of the molecule is CC(N)c1nc(CC(=O)N2CCN(CCO)CC2)cs1. The summed E-state index contributed by atoms with van der Waals surface area (Å²) in [6.07, 6.45) is 0.350. The van der Waals surface area contributed by atoms with E-state index in [1.807, 2.05) is 17.2 Å². The lowest BCUT2D eigenvalue weighted by molar-refractivity contribution is -0.132. The zero-order chi connectivity index (χ0) is 14.5. The van der Waals surface area contributed by atoms with Gasteiger partial charge in [0.1, 0.15) is 5.01 Å². The van der Waals surface area contributed by atoms with Gasteiger partial charge < -0.3 is 15.7 Å². The van der Waals surface area contributed by atoms with Crippen LogP contribution in [0, 0.1) is 0 Å². The number of hydrogen-bond donors (Lipinski definition) is 2. The van der Waals surface area contributed by atoms with Crippen LogP contribution in [0.2, 0.25) is 0 Å². The van der Waals surface area contributed by atoms with Gasteiger partial charge in [0.2, 0.25) is 5.91 Å². The third-order valence-electron chi connectivity index (χ3n) is 3.43. The van der Waals surface area contributed by atoms with Gasteiger partial charge in [0.05, 0.1) is 24.8 Å². The highest BCUT2D eigenvalue weighted by Gasteiger charge is 2.21. The molecule has 112 valence electrons. The Morgan fingerprint density at radius 1 is 1.50 bits per heavy atom. The average molecular weight is 298 g/mol. The minimum Gasteiger partial charge on any atom is -0.395 e. The third kappa shape index (κ3) is 3.99. The maximum absolute atomic E-state index is 12.2. The van der Waals surface area contributed by atoms with Crippen molar-refractivity contribution in [1.29, 1.82) is 0 Å². The molecular formula is C13H22N4O2S. The van der Waals surface area contributed by atoms with Gasteiger partial charge in [0.15, 0.2) is 0 Å². The van der Waals surface area contributed by atoms with Crippen molar-refractivity contribution in [1.82, 2.24) is 14.8 Å². The quantitative estimate of drug-likeness (QED) is 0.789. The highest BCUT2D eigenvalue weighted by molar-refractivity contribution is 7.09. The molecule has 1 aromatic rings. The molecule has 0 aromatic carbocycles. The van der Waals surface area contributed by atoms with Crippen molar-refractivity contribution in [3.8, 4) is 0 Å². The molecule has 0 bridgehead atoms. The van der Waals surface area contributed by atoms with Crippen LogP contribution in [0.4, 0.5) is 0 Å². The molecule has 2 heterocycles. The van der Waals surface area contributed by atoms with Gasteiger partial charge in [-0.25, -0.2) is 4.98 Å². The molecule has 0 aliphatic carbocycles. The van der Waals surface area contributed by atoms with E-state index in [0.29, 0.717) is 13.0 Å². The van der Waals surface area contributed by atoms with Crippen LogP contribution in [0.25, 0.3) is 0 Å². The Bertz CT molecular complexity index is 441. The monoisotopic (exact) mass is 298 g/mol. The number of piperazine rings is 1. The molecule has 1 fully saturated rings. The lowest BCUT2D eigenvalue weighted by Gasteiger charge is -2.34. The van der Waals surface area contributed by atoms with E-state index in [4.69, 9.17) is 10.8 Å². The van der Waals surface area contributed by atoms with Crippen molar-refractivity contribution < 1.29 is 9.90 Å². The second-order valence-electron chi connectivity index (χ2n) is 5.09. The van der Waals surface area contributed by atoms with Crippen molar-refractivity contribution in [2.24, 2.45) is 5.73 Å². The minimum absolute atomic E-state index is 0.0779. The third-order valence-corrected chi connectivity index (χ3v) is 4.53. The van der Waals surface area contributed by atoms with Gasteiger partial charge >= 0.3 is 0 Å². The summed E-state index contributed by atoms with van der Waals surface area (Å²) in [4.78, 5) is 20.6. The normalized spacial score (nSPS) is 18.2. The number of aliphatic hydroxyl groups excluding tert-OH is 1. The Balaban J connectivity index is 1.83. The van der Waals surface area contributed by atoms with Gasteiger partial charge in [-0.1, -0.05) is 0 Å². The van der Waals surface area contributed by atoms with Gasteiger partial charge in [-0.2, -0.15) is 0 Å². The summed E-state index contributed by atoms with van der Waals surface area (Å²) in [5, 5.41) is 11.7. The van der Waals surface area contributed by atoms with E-state index in [-0.39, 0.29) is 18.6 Å². The molecule has 1 atom stereocenters. The smallest absolute Gasteiger partial charge is 0.228 e. The van der Waals surface area contributed by atoms with Crippen molar-refractivity contribution >= 4 is 17.2 Å². The lowest BCUT2D eigenvalue weighted by Crippen LogP contribution is -2.49. The summed E-state index contributed by atoms with van der Waals surface area (Å²) in [5.41, 5.74) is 6.58. The van der Waals surface area contributed by atoms with Crippen LogP contribution in [0.15, 0.2) is 5.38 Å². The van der Waals surface area contributed by atoms with E-state index < -0.39 is 0 Å². The van der Waals surface area contributed by atoms with Crippen LogP contribution in [-0.4, -0.2) is 65.1 Å². The van der Waals surface area contributed by atoms with Crippen LogP contribution < -0.4 is 5.73 Å². The van der Waals surface area contributed by atoms with E-state index in [1.165, 1.54) is 11.3 Å². The summed E-state index contributed by atoms with van der Waals surface area (Å²) in [7, 11) is 0. The van der Waals surface area contributed by atoms with Crippen molar-refractivity contribution in [3.05, 3.63) is 16.1 Å². The van der Waals surface area contributed by atoms with Crippen molar-refractivity contribution in [2.75, 3.05) is 39.3 Å². The molecule has 7 heteroatoms. The molecule has 20 heavy (non-hydrogen) atoms. The van der Waals surface area contributed by atoms with Crippen molar-refractivity contribution in [3.63, 3.8) is 0 Å². The fourth-order valence-electron chi connectivity index (χ4n) is 2.24. The van der Waals surface area contributed by atoms with Gasteiger partial charge in [-0.05, 0) is 6.92 Å². The lowest BCUT2D eigenvalue weighted by atomic mass is 10.2. The first-order valence-electron chi connectivity index (χ1n) is 6.91. The summed E-state index contributed by atoms with van der Waals surface area (Å²) in [5.74, 6) is 0.121. The Morgan fingerprint density at radius 2 is 2.20 bits per heavy atom. The van der Waals surface area contributed by atoms with E-state index in [9.17, 15) is 4.79 Å². The second-order valence-corrected chi connectivity index (χ2v) is 5.98. The molecule has 1 saturated heterocycles. The fourth-order valence-corrected chi connectivity index (χ4v) is 3.02. The summed E-state index contributed by atoms with van der Waals surface area (Å²) in [6.45, 7) is 5.86. The molecule has 3 N–H and O–H groups in total. The van der Waals surface area contributed by atoms with Crippen LogP contribution in [0.1, 0.15) is 23.7 Å². The summed E-state index contributed by atoms with van der Waals surface area (Å²) in [6, 6.07) is -0.0779. The highest BCUT2D eigenvalue weighted by Crippen LogP contribution is 2.16. The number of carbonyl (C=O) groups excluding carboxylic acids is 1. The number of nitrogens with two attached hydrogens (primary N) is 1. The maximum Gasteiger partial charge on any atom is 0.228 e. The second kappa shape index (κ2) is 7.12. The van der Waals surface area contributed by atoms with E-state index >= 15 is 0 Å². The molecule has 1 aliphatic heterocycles. The summed E-state index contributed by atoms with van der Waals surface area (Å²) < 4.78 is 0. The number of rotatable bonds is 5. The molecular weight excluding hydrogens is 276 g/mol. The predicted octanol–water partition coefficient (Wildman–Crippen LogP) is -0.158. The number of nitrogens with zero attached hydrogens (tertiary/aromatic N) is 3. The number of thiazole rings is 1. The van der Waals surface area contributed by atoms with Crippen LogP contribution in [-0.2, 0) is 11.2 Å². The number of amides is 1. The zero-order valence-corrected chi connectivity index (χ0v) is 12.6. The van der Waals surface area contributed by atoms with Gasteiger partial charge in [-0.15, -0.1) is 11.3 Å². The minimum atomic E-state index is -0.0779. The largest absolute Gasteiger partial charge is 0.395 e. The Hall–Kier alpha value is -1.02. The van der Waals surface area contributed by atoms with Gasteiger partial charge in [-0.3, -0.25) is 9.69 Å². The number of hydrogen-bond acceptors (Lipinski definition) is 6. The first-order chi connectivity index (χ1) is 9.60. The van der Waals surface area contributed by atoms with E-state index in [2.05, 4.69) is 9.88 Å². The highest BCUT2D eigenvalue weighted by atomic mass is 32.1. The molecule has 6 nitrogen and oxygen atoms in total. The van der Waals surface area contributed by atoms with E-state index in [1.54, 1.807) is 0 Å². The Kier molecular flexibility index (Phi) is 5.47. The van der Waals surface area contributed by atoms with E-state index in [0.717, 1.165) is 36.9 Å². The molecule has 2 rings (SSSR count). The van der Waals surface area contributed by atoms with Gasteiger partial charge in [0, 0.05) is 38.1 Å². The molecule has 1 aliphatic rings. The molecule has 1 amide bonds. The number of aromatic nitrogens is 1. The first-order valence-corrected chi connectivity index (χ1v) is 7.79. The number of β-amino-alcohol motifs (C(OH)–C–C–N with tert-alkyl or cyclic N) is 1. The standard InChI is InChI=1S/C13H22N4O2S/c1-10(14)13-15-11(9-20-13)8-12(19)17-4-2-16(3-5-17)6-7-18/h9-10,18H,2-8,14H2,1H3. The molecule has 0 spiro atoms. The molecule has 0 radical (unpaired) electrons. The average Bonchev–Trinajstić information content (AvgIpc) is 2.88. The molecule has 1 aromatic heterocycles. The van der Waals surface area contributed by atoms with Crippen LogP contribution in [0.3, 0.4) is 0 Å². The fraction of sp³-hybridized carbons (Fsp3) is 0.692. The Morgan fingerprint density at radius 3 is 2.75 bits per heavy atom. The first kappa shape index (κ1) is 15.4. The Labute approximate surface area is 123 Å².